The van der Waals surface area contributed by atoms with Crippen molar-refractivity contribution in [2.45, 2.75) is 207 Å². The smallest absolute Gasteiger partial charge is 0.266 e. The maximum atomic E-state index is 17.0. The third-order valence-corrected chi connectivity index (χ3v) is 25.2. The van der Waals surface area contributed by atoms with E-state index in [0.717, 1.165) is 95.9 Å². The maximum absolute atomic E-state index is 17.0. The predicted octanol–water partition coefficient (Wildman–Crippen LogP) is 25.8. The van der Waals surface area contributed by atoms with Crippen LogP contribution in [0.4, 0.5) is 11.4 Å². The summed E-state index contributed by atoms with van der Waals surface area (Å²) in [6.45, 7) is 8.04. The van der Waals surface area contributed by atoms with Gasteiger partial charge < -0.3 is 18.9 Å². The van der Waals surface area contributed by atoms with Crippen molar-refractivity contribution in [1.29, 1.82) is 0 Å². The molecule has 4 aliphatic carbocycles. The van der Waals surface area contributed by atoms with Gasteiger partial charge in [-0.1, -0.05) is 238 Å². The van der Waals surface area contributed by atoms with E-state index in [4.69, 9.17) is 18.9 Å². The minimum absolute atomic E-state index is 0.292. The summed E-state index contributed by atoms with van der Waals surface area (Å²) in [4.78, 5) is 71.1. The lowest BCUT2D eigenvalue weighted by atomic mass is 9.80. The highest BCUT2D eigenvalue weighted by Crippen LogP contribution is 2.59. The number of fused-ring (bicyclic) bond motifs is 2. The fourth-order valence-corrected chi connectivity index (χ4v) is 19.4. The van der Waals surface area contributed by atoms with E-state index in [1.165, 1.54) is 138 Å². The Hall–Kier alpha value is -9.80. The first-order valence-corrected chi connectivity index (χ1v) is 40.2. The molecule has 10 heteroatoms. The van der Waals surface area contributed by atoms with Crippen molar-refractivity contribution in [3.63, 3.8) is 0 Å². The highest BCUT2D eigenvalue weighted by molar-refractivity contribution is 6.48. The molecule has 0 aromatic heterocycles. The Morgan fingerprint density at radius 1 is 0.264 bits per heavy atom. The molecule has 4 fully saturated rings. The first kappa shape index (κ1) is 69.3. The largest absolute Gasteiger partial charge is 0.456 e. The molecule has 11 aromatic carbocycles. The van der Waals surface area contributed by atoms with Gasteiger partial charge in [0.15, 0.2) is 0 Å². The van der Waals surface area contributed by atoms with E-state index >= 15 is 19.2 Å². The quantitative estimate of drug-likeness (QED) is 0.0375. The van der Waals surface area contributed by atoms with Crippen LogP contribution in [0.2, 0.25) is 0 Å². The summed E-state index contributed by atoms with van der Waals surface area (Å²) in [5, 5.41) is 3.90. The van der Waals surface area contributed by atoms with Crippen LogP contribution in [0, 0.1) is 51.4 Å². The number of hydrogen-bond donors (Lipinski definition) is 0. The van der Waals surface area contributed by atoms with E-state index in [1.807, 2.05) is 149 Å². The highest BCUT2D eigenvalue weighted by atomic mass is 16.5. The van der Waals surface area contributed by atoms with Gasteiger partial charge in [0.25, 0.3) is 23.6 Å². The van der Waals surface area contributed by atoms with Crippen LogP contribution in [0.1, 0.15) is 240 Å². The van der Waals surface area contributed by atoms with Crippen molar-refractivity contribution in [3.05, 3.63) is 224 Å². The van der Waals surface area contributed by atoms with Gasteiger partial charge in [-0.25, -0.2) is 9.80 Å². The number of nitrogens with zero attached hydrogens (tertiary/aromatic N) is 2. The molecule has 540 valence electrons. The van der Waals surface area contributed by atoms with Crippen LogP contribution < -0.4 is 28.7 Å². The number of benzene rings is 11. The topological polar surface area (TPSA) is 112 Å². The minimum atomic E-state index is -0.446. The van der Waals surface area contributed by atoms with Gasteiger partial charge in [-0.3, -0.25) is 19.2 Å². The molecule has 4 amide bonds. The number of para-hydroxylation sites is 6. The van der Waals surface area contributed by atoms with Crippen molar-refractivity contribution in [2.75, 3.05) is 9.80 Å². The van der Waals surface area contributed by atoms with Crippen molar-refractivity contribution < 1.29 is 38.1 Å². The molecule has 106 heavy (non-hydrogen) atoms. The molecule has 0 N–H and O–H groups in total. The fraction of sp³-hybridized carbons (Fsp3) is 0.375. The zero-order valence-electron chi connectivity index (χ0n) is 62.3. The summed E-state index contributed by atoms with van der Waals surface area (Å²) >= 11 is 0. The van der Waals surface area contributed by atoms with Gasteiger partial charge in [0, 0.05) is 43.1 Å². The van der Waals surface area contributed by atoms with Crippen LogP contribution in [0.15, 0.2) is 158 Å². The van der Waals surface area contributed by atoms with Gasteiger partial charge in [-0.15, -0.1) is 0 Å². The van der Waals surface area contributed by atoms with E-state index in [2.05, 4.69) is 36.4 Å². The van der Waals surface area contributed by atoms with E-state index < -0.39 is 23.6 Å². The number of anilines is 2. The summed E-state index contributed by atoms with van der Waals surface area (Å²) in [5.41, 5.74) is 9.95. The standard InChI is InChI=1S/C96H98N2O8/c1-59-27-17-21-43-75(59)103-79-55-71-83-72(94(100)97(93(71)99)91-67(51-47-63-31-9-5-10-32-63)39-25-40-68(91)52-48-64-33-11-6-12-34-64)57-81(105-77-45-23-19-29-61(77)3)87-88-82(106-78-46-24-20-30-62(78)4)58-74-84-73(56-80(86(90(84)88)85(79)89(83)87)104-76-44-22-18-28-60(76)2)95(101)98(96(74)102)92-69(53-49-65-35-13-7-14-36-65)41-26-42-70(92)54-50-66-37-15-8-16-38-66/h17-30,39-46,55-58,63-66H,5-16,31-38,47-54H2,1-4H3. The van der Waals surface area contributed by atoms with Gasteiger partial charge in [0.2, 0.25) is 0 Å². The molecule has 2 aliphatic heterocycles. The second kappa shape index (κ2) is 29.9. The first-order valence-electron chi connectivity index (χ1n) is 40.2. The molecule has 6 aliphatic rings. The molecule has 4 saturated carbocycles. The lowest BCUT2D eigenvalue weighted by Gasteiger charge is -2.34. The summed E-state index contributed by atoms with van der Waals surface area (Å²) in [6.07, 6.45) is 31.0. The molecule has 2 heterocycles. The molecule has 0 atom stereocenters. The number of imide groups is 2. The number of ether oxygens (including phenoxy) is 4. The summed E-state index contributed by atoms with van der Waals surface area (Å²) in [5.74, 6) is 3.93. The Labute approximate surface area is 624 Å². The zero-order valence-corrected chi connectivity index (χ0v) is 62.3. The van der Waals surface area contributed by atoms with Gasteiger partial charge in [-0.2, -0.15) is 0 Å². The summed E-state index contributed by atoms with van der Waals surface area (Å²) in [6, 6.07) is 51.8. The molecule has 0 bridgehead atoms. The van der Waals surface area contributed by atoms with Crippen molar-refractivity contribution in [1.82, 2.24) is 0 Å². The zero-order chi connectivity index (χ0) is 72.1. The van der Waals surface area contributed by atoms with Crippen LogP contribution in [-0.4, -0.2) is 23.6 Å². The number of hydrogen-bond acceptors (Lipinski definition) is 8. The van der Waals surface area contributed by atoms with Gasteiger partial charge in [0.05, 0.1) is 33.6 Å². The van der Waals surface area contributed by atoms with Crippen molar-refractivity contribution in [3.8, 4) is 46.0 Å². The van der Waals surface area contributed by atoms with Crippen LogP contribution >= 0.6 is 0 Å². The summed E-state index contributed by atoms with van der Waals surface area (Å²) in [7, 11) is 0. The van der Waals surface area contributed by atoms with E-state index in [-0.39, 0.29) is 0 Å². The Morgan fingerprint density at radius 3 is 0.717 bits per heavy atom. The molecule has 0 saturated heterocycles. The maximum Gasteiger partial charge on any atom is 0.266 e. The second-order valence-corrected chi connectivity index (χ2v) is 32.1. The molecular weight excluding hydrogens is 1310 g/mol. The Balaban J connectivity index is 0.974. The second-order valence-electron chi connectivity index (χ2n) is 32.1. The van der Waals surface area contributed by atoms with Crippen molar-refractivity contribution in [2.24, 2.45) is 23.7 Å². The van der Waals surface area contributed by atoms with Gasteiger partial charge in [0.1, 0.15) is 46.0 Å². The molecule has 0 unspecified atom stereocenters. The van der Waals surface area contributed by atoms with Crippen LogP contribution in [-0.2, 0) is 25.7 Å². The van der Waals surface area contributed by atoms with Crippen LogP contribution in [0.25, 0.3) is 43.1 Å². The highest BCUT2D eigenvalue weighted by Gasteiger charge is 2.44. The first-order chi connectivity index (χ1) is 51.9. The predicted molar refractivity (Wildman–Crippen MR) is 427 cm³/mol. The average molecular weight is 1410 g/mol. The number of carbonyl (C=O) groups excluding carboxylic acids is 4. The van der Waals surface area contributed by atoms with Crippen molar-refractivity contribution >= 4 is 78.1 Å². The Kier molecular flexibility index (Phi) is 19.5. The fourth-order valence-electron chi connectivity index (χ4n) is 19.4. The van der Waals surface area contributed by atoms with Crippen LogP contribution in [0.5, 0.6) is 46.0 Å². The lowest BCUT2D eigenvalue weighted by Crippen LogP contribution is -2.42. The van der Waals surface area contributed by atoms with E-state index in [0.29, 0.717) is 146 Å². The number of amides is 4. The average Bonchev–Trinajstić information content (AvgIpc) is 0.670. The SMILES string of the molecule is Cc1ccccc1Oc1cc2c3c(cc(Oc4ccccc4C)c4c5c(Oc6ccccc6C)cc6c7c(cc(Oc8ccccc8C)c(c1c34)c75)C(=O)N(c1c(CCC3CCCCC3)cccc1CCC1CCCCC1)C6=O)C(=O)N(c1c(CCC3CCCCC3)cccc1CCC1CCCCC1)C2=O. The Morgan fingerprint density at radius 2 is 0.491 bits per heavy atom. The summed E-state index contributed by atoms with van der Waals surface area (Å²) < 4.78 is 30.2. The van der Waals surface area contributed by atoms with Gasteiger partial charge in [-0.05, 0) is 196 Å². The Bertz CT molecular complexity index is 4610. The minimum Gasteiger partial charge on any atom is -0.456 e. The molecule has 0 spiro atoms. The molecular formula is C96H98N2O8. The number of aryl methyl sites for hydroxylation is 8. The number of carbonyl (C=O) groups is 4. The van der Waals surface area contributed by atoms with Gasteiger partial charge >= 0.3 is 0 Å². The van der Waals surface area contributed by atoms with E-state index in [9.17, 15) is 0 Å². The van der Waals surface area contributed by atoms with Crippen LogP contribution in [0.3, 0.4) is 0 Å². The monoisotopic (exact) mass is 1410 g/mol. The molecule has 0 radical (unpaired) electrons. The van der Waals surface area contributed by atoms with E-state index in [1.54, 1.807) is 0 Å². The third kappa shape index (κ3) is 13.1. The molecule has 11 aromatic rings. The normalized spacial score (nSPS) is 17.1. The third-order valence-electron chi connectivity index (χ3n) is 25.2. The lowest BCUT2D eigenvalue weighted by molar-refractivity contribution is 0.0877. The molecule has 10 nitrogen and oxygen atoms in total. The molecule has 17 rings (SSSR count). The number of rotatable bonds is 22.